The summed E-state index contributed by atoms with van der Waals surface area (Å²) in [7, 11) is 0. The molecule has 0 saturated heterocycles. The van der Waals surface area contributed by atoms with Gasteiger partial charge in [-0.25, -0.2) is 9.37 Å². The number of carbonyl (C=O) groups is 1. The van der Waals surface area contributed by atoms with Gasteiger partial charge in [-0.2, -0.15) is 0 Å². The molecule has 0 saturated carbocycles. The molecule has 0 radical (unpaired) electrons. The number of hydrogen-bond donors (Lipinski definition) is 1. The molecule has 2 rings (SSSR count). The number of fused-ring (bicyclic) bond motifs is 1. The fraction of sp³-hybridized carbons (Fsp3) is 0.231. The zero-order chi connectivity index (χ0) is 13.1. The number of halogens is 1. The lowest BCUT2D eigenvalue weighted by Crippen LogP contribution is -2.25. The summed E-state index contributed by atoms with van der Waals surface area (Å²) >= 11 is 0. The Balaban J connectivity index is 2.54. The molecule has 2 aromatic heterocycles. The van der Waals surface area contributed by atoms with Crippen molar-refractivity contribution in [2.24, 2.45) is 0 Å². The summed E-state index contributed by atoms with van der Waals surface area (Å²) < 4.78 is 14.7. The molecular weight excluding hydrogens is 233 g/mol. The Kier molecular flexibility index (Phi) is 3.41. The molecule has 0 bridgehead atoms. The third-order valence-corrected chi connectivity index (χ3v) is 2.61. The molecule has 2 aromatic rings. The summed E-state index contributed by atoms with van der Waals surface area (Å²) in [5.41, 5.74) is 1.60. The van der Waals surface area contributed by atoms with Crippen molar-refractivity contribution in [2.75, 3.05) is 6.54 Å². The van der Waals surface area contributed by atoms with E-state index in [-0.39, 0.29) is 5.91 Å². The molecule has 0 aromatic carbocycles. The Labute approximate surface area is 104 Å². The molecule has 1 amide bonds. The van der Waals surface area contributed by atoms with Crippen molar-refractivity contribution in [1.29, 1.82) is 0 Å². The van der Waals surface area contributed by atoms with Crippen molar-refractivity contribution in [3.05, 3.63) is 48.2 Å². The summed E-state index contributed by atoms with van der Waals surface area (Å²) in [5.74, 6) is -0.676. The first-order valence-electron chi connectivity index (χ1n) is 5.73. The van der Waals surface area contributed by atoms with Gasteiger partial charge in [0.15, 0.2) is 0 Å². The number of aromatic nitrogens is 2. The second kappa shape index (κ2) is 5.00. The van der Waals surface area contributed by atoms with Crippen molar-refractivity contribution in [3.63, 3.8) is 0 Å². The Morgan fingerprint density at radius 2 is 2.39 bits per heavy atom. The summed E-state index contributed by atoms with van der Waals surface area (Å²) in [6.45, 7) is 5.81. The molecule has 2 heterocycles. The highest BCUT2D eigenvalue weighted by Gasteiger charge is 2.17. The average Bonchev–Trinajstić information content (AvgIpc) is 2.73. The number of imidazole rings is 1. The maximum atomic E-state index is 13.2. The molecular formula is C13H14FN3O. The largest absolute Gasteiger partial charge is 0.347 e. The summed E-state index contributed by atoms with van der Waals surface area (Å²) in [5, 5.41) is 2.68. The van der Waals surface area contributed by atoms with Gasteiger partial charge in [0, 0.05) is 12.7 Å². The van der Waals surface area contributed by atoms with Gasteiger partial charge in [-0.15, -0.1) is 6.58 Å². The van der Waals surface area contributed by atoms with Crippen LogP contribution in [0, 0.1) is 5.82 Å². The van der Waals surface area contributed by atoms with Gasteiger partial charge in [-0.05, 0) is 18.6 Å². The molecule has 94 valence electrons. The van der Waals surface area contributed by atoms with Crippen molar-refractivity contribution in [2.45, 2.75) is 13.3 Å². The van der Waals surface area contributed by atoms with Gasteiger partial charge in [0.25, 0.3) is 5.91 Å². The van der Waals surface area contributed by atoms with Crippen LogP contribution in [0.4, 0.5) is 4.39 Å². The van der Waals surface area contributed by atoms with Gasteiger partial charge in [-0.1, -0.05) is 13.0 Å². The fourth-order valence-corrected chi connectivity index (χ4v) is 1.80. The average molecular weight is 247 g/mol. The van der Waals surface area contributed by atoms with Crippen molar-refractivity contribution < 1.29 is 9.18 Å². The van der Waals surface area contributed by atoms with E-state index in [1.165, 1.54) is 16.7 Å². The van der Waals surface area contributed by atoms with E-state index in [1.807, 2.05) is 6.92 Å². The first kappa shape index (κ1) is 12.3. The SMILES string of the molecule is C=CCNC(=O)c1c(CC)nc2ccc(F)cn12. The number of carbonyl (C=O) groups excluding carboxylic acids is 1. The summed E-state index contributed by atoms with van der Waals surface area (Å²) in [6.07, 6.45) is 3.47. The predicted octanol–water partition coefficient (Wildman–Crippen LogP) is 1.95. The summed E-state index contributed by atoms with van der Waals surface area (Å²) in [6, 6.07) is 2.88. The molecule has 0 aliphatic heterocycles. The zero-order valence-corrected chi connectivity index (χ0v) is 10.1. The van der Waals surface area contributed by atoms with Gasteiger partial charge >= 0.3 is 0 Å². The monoisotopic (exact) mass is 247 g/mol. The molecule has 0 atom stereocenters. The van der Waals surface area contributed by atoms with Crippen LogP contribution >= 0.6 is 0 Å². The predicted molar refractivity (Wildman–Crippen MR) is 67.1 cm³/mol. The Morgan fingerprint density at radius 1 is 1.61 bits per heavy atom. The van der Waals surface area contributed by atoms with Crippen molar-refractivity contribution >= 4 is 11.6 Å². The zero-order valence-electron chi connectivity index (χ0n) is 10.1. The maximum Gasteiger partial charge on any atom is 0.270 e. The molecule has 4 nitrogen and oxygen atoms in total. The van der Waals surface area contributed by atoms with Gasteiger partial charge < -0.3 is 5.32 Å². The maximum absolute atomic E-state index is 13.2. The molecule has 5 heteroatoms. The van der Waals surface area contributed by atoms with Crippen molar-refractivity contribution in [3.8, 4) is 0 Å². The topological polar surface area (TPSA) is 46.4 Å². The standard InChI is InChI=1S/C13H14FN3O/c1-3-7-15-13(18)12-10(4-2)16-11-6-5-9(14)8-17(11)12/h3,5-6,8H,1,4,7H2,2H3,(H,15,18). The van der Waals surface area contributed by atoms with Crippen LogP contribution in [0.2, 0.25) is 0 Å². The van der Waals surface area contributed by atoms with Crippen LogP contribution in [0.5, 0.6) is 0 Å². The number of pyridine rings is 1. The normalized spacial score (nSPS) is 10.6. The fourth-order valence-electron chi connectivity index (χ4n) is 1.80. The lowest BCUT2D eigenvalue weighted by molar-refractivity contribution is 0.0951. The highest BCUT2D eigenvalue weighted by molar-refractivity contribution is 5.94. The Bertz CT molecular complexity index is 604. The van der Waals surface area contributed by atoms with Crippen LogP contribution in [-0.4, -0.2) is 21.8 Å². The van der Waals surface area contributed by atoms with Gasteiger partial charge in [0.2, 0.25) is 0 Å². The number of hydrogen-bond acceptors (Lipinski definition) is 2. The van der Waals surface area contributed by atoms with Crippen LogP contribution in [0.25, 0.3) is 5.65 Å². The molecule has 0 aliphatic rings. The molecule has 0 fully saturated rings. The van der Waals surface area contributed by atoms with Crippen LogP contribution in [-0.2, 0) is 6.42 Å². The quantitative estimate of drug-likeness (QED) is 0.839. The minimum atomic E-state index is -0.402. The summed E-state index contributed by atoms with van der Waals surface area (Å²) in [4.78, 5) is 16.3. The van der Waals surface area contributed by atoms with E-state index >= 15 is 0 Å². The van der Waals surface area contributed by atoms with E-state index in [0.717, 1.165) is 0 Å². The molecule has 0 unspecified atom stereocenters. The lowest BCUT2D eigenvalue weighted by Gasteiger charge is -2.04. The van der Waals surface area contributed by atoms with E-state index in [1.54, 1.807) is 12.1 Å². The number of nitrogens with one attached hydrogen (secondary N) is 1. The van der Waals surface area contributed by atoms with E-state index in [0.29, 0.717) is 30.0 Å². The highest BCUT2D eigenvalue weighted by Crippen LogP contribution is 2.14. The Hall–Kier alpha value is -2.17. The molecule has 18 heavy (non-hydrogen) atoms. The molecule has 0 aliphatic carbocycles. The van der Waals surface area contributed by atoms with E-state index < -0.39 is 5.82 Å². The Morgan fingerprint density at radius 3 is 3.06 bits per heavy atom. The van der Waals surface area contributed by atoms with Gasteiger partial charge in [0.1, 0.15) is 17.2 Å². The number of amides is 1. The first-order chi connectivity index (χ1) is 8.67. The number of nitrogens with zero attached hydrogens (tertiary/aromatic N) is 2. The third kappa shape index (κ3) is 2.11. The number of aryl methyl sites for hydroxylation is 1. The molecule has 0 spiro atoms. The van der Waals surface area contributed by atoms with Gasteiger partial charge in [-0.3, -0.25) is 9.20 Å². The number of rotatable bonds is 4. The van der Waals surface area contributed by atoms with Crippen LogP contribution in [0.1, 0.15) is 23.1 Å². The van der Waals surface area contributed by atoms with Crippen LogP contribution in [0.15, 0.2) is 31.0 Å². The second-order valence-corrected chi connectivity index (χ2v) is 3.83. The van der Waals surface area contributed by atoms with Crippen LogP contribution in [0.3, 0.4) is 0 Å². The smallest absolute Gasteiger partial charge is 0.270 e. The second-order valence-electron chi connectivity index (χ2n) is 3.83. The van der Waals surface area contributed by atoms with Crippen molar-refractivity contribution in [1.82, 2.24) is 14.7 Å². The van der Waals surface area contributed by atoms with Crippen LogP contribution < -0.4 is 5.32 Å². The lowest BCUT2D eigenvalue weighted by atomic mass is 10.2. The minimum Gasteiger partial charge on any atom is -0.347 e. The molecule has 1 N–H and O–H groups in total. The minimum absolute atomic E-state index is 0.273. The first-order valence-corrected chi connectivity index (χ1v) is 5.73. The third-order valence-electron chi connectivity index (χ3n) is 2.61. The van der Waals surface area contributed by atoms with E-state index in [4.69, 9.17) is 0 Å². The highest BCUT2D eigenvalue weighted by atomic mass is 19.1. The van der Waals surface area contributed by atoms with E-state index in [9.17, 15) is 9.18 Å². The van der Waals surface area contributed by atoms with E-state index in [2.05, 4.69) is 16.9 Å². The van der Waals surface area contributed by atoms with Gasteiger partial charge in [0.05, 0.1) is 5.69 Å².